The Balaban J connectivity index is 4.03. The molecule has 0 aromatic carbocycles. The summed E-state index contributed by atoms with van der Waals surface area (Å²) in [6.07, 6.45) is 11.1. The molecule has 0 aliphatic carbocycles. The summed E-state index contributed by atoms with van der Waals surface area (Å²) in [4.78, 5) is 2.50. The van der Waals surface area contributed by atoms with E-state index in [1.165, 1.54) is 64.5 Å². The molecule has 0 aromatic heterocycles. The van der Waals surface area contributed by atoms with Gasteiger partial charge in [-0.15, -0.1) is 0 Å². The molecule has 3 atom stereocenters. The second-order valence-electron chi connectivity index (χ2n) is 7.09. The highest BCUT2D eigenvalue weighted by molar-refractivity contribution is 4.69. The van der Waals surface area contributed by atoms with Crippen molar-refractivity contribution >= 4 is 0 Å². The topological polar surface area (TPSA) is 3.24 Å². The van der Waals surface area contributed by atoms with Crippen molar-refractivity contribution in [1.82, 2.24) is 4.90 Å². The first-order chi connectivity index (χ1) is 9.54. The third-order valence-electron chi connectivity index (χ3n) is 4.89. The quantitative estimate of drug-likeness (QED) is 0.375. The molecule has 0 N–H and O–H groups in total. The molecule has 0 bridgehead atoms. The lowest BCUT2D eigenvalue weighted by Gasteiger charge is -2.26. The molecule has 0 amide bonds. The fourth-order valence-corrected chi connectivity index (χ4v) is 3.30. The molecule has 0 fully saturated rings. The monoisotopic (exact) mass is 283 g/mol. The van der Waals surface area contributed by atoms with E-state index < -0.39 is 0 Å². The van der Waals surface area contributed by atoms with Gasteiger partial charge in [0.2, 0.25) is 0 Å². The van der Waals surface area contributed by atoms with Crippen LogP contribution in [0, 0.1) is 17.8 Å². The van der Waals surface area contributed by atoms with E-state index in [9.17, 15) is 0 Å². The lowest BCUT2D eigenvalue weighted by Crippen LogP contribution is -2.25. The van der Waals surface area contributed by atoms with Crippen LogP contribution in [0.3, 0.4) is 0 Å². The van der Waals surface area contributed by atoms with Crippen LogP contribution >= 0.6 is 0 Å². The molecule has 1 nitrogen and oxygen atoms in total. The number of unbranched alkanes of at least 4 members (excludes halogenated alkanes) is 2. The van der Waals surface area contributed by atoms with E-state index in [-0.39, 0.29) is 0 Å². The zero-order valence-corrected chi connectivity index (χ0v) is 15.3. The van der Waals surface area contributed by atoms with Gasteiger partial charge in [0.1, 0.15) is 0 Å². The van der Waals surface area contributed by atoms with Gasteiger partial charge in [0.15, 0.2) is 0 Å². The summed E-state index contributed by atoms with van der Waals surface area (Å²) in [5, 5.41) is 0. The SMILES string of the molecule is CCCCCC(CCC(C)CN(C)CCC)C(C)CC. The summed E-state index contributed by atoms with van der Waals surface area (Å²) in [7, 11) is 2.27. The molecule has 0 aliphatic heterocycles. The first-order valence-electron chi connectivity index (χ1n) is 9.23. The van der Waals surface area contributed by atoms with Gasteiger partial charge in [-0.2, -0.15) is 0 Å². The molecule has 0 spiro atoms. The van der Waals surface area contributed by atoms with Crippen LogP contribution < -0.4 is 0 Å². The van der Waals surface area contributed by atoms with Crippen molar-refractivity contribution in [3.8, 4) is 0 Å². The van der Waals surface area contributed by atoms with Gasteiger partial charge in [0.05, 0.1) is 0 Å². The fourth-order valence-electron chi connectivity index (χ4n) is 3.30. The Kier molecular flexibility index (Phi) is 12.7. The van der Waals surface area contributed by atoms with E-state index in [1.54, 1.807) is 0 Å². The second kappa shape index (κ2) is 12.7. The Morgan fingerprint density at radius 1 is 0.850 bits per heavy atom. The molecule has 0 saturated heterocycles. The van der Waals surface area contributed by atoms with E-state index in [4.69, 9.17) is 0 Å². The fraction of sp³-hybridized carbons (Fsp3) is 1.00. The Bertz CT molecular complexity index is 202. The molecule has 1 heteroatoms. The van der Waals surface area contributed by atoms with Gasteiger partial charge in [-0.05, 0) is 50.6 Å². The zero-order valence-electron chi connectivity index (χ0n) is 15.3. The predicted octanol–water partition coefficient (Wildman–Crippen LogP) is 5.99. The van der Waals surface area contributed by atoms with Crippen molar-refractivity contribution in [2.75, 3.05) is 20.1 Å². The first kappa shape index (κ1) is 20.0. The molecule has 0 aliphatic rings. The Labute approximate surface area is 129 Å². The maximum atomic E-state index is 2.50. The molecule has 0 radical (unpaired) electrons. The predicted molar refractivity (Wildman–Crippen MR) is 93.3 cm³/mol. The van der Waals surface area contributed by atoms with Gasteiger partial charge in [-0.1, -0.05) is 66.7 Å². The standard InChI is InChI=1S/C19H41N/c1-7-10-11-12-19(18(5)9-3)14-13-17(4)16-20(6)15-8-2/h17-19H,7-16H2,1-6H3. The van der Waals surface area contributed by atoms with Crippen molar-refractivity contribution in [3.63, 3.8) is 0 Å². The van der Waals surface area contributed by atoms with Gasteiger partial charge in [-0.3, -0.25) is 0 Å². The number of rotatable bonds is 13. The van der Waals surface area contributed by atoms with Crippen LogP contribution in [-0.4, -0.2) is 25.0 Å². The van der Waals surface area contributed by atoms with Crippen molar-refractivity contribution in [1.29, 1.82) is 0 Å². The summed E-state index contributed by atoms with van der Waals surface area (Å²) in [6, 6.07) is 0. The summed E-state index contributed by atoms with van der Waals surface area (Å²) in [5.41, 5.74) is 0. The van der Waals surface area contributed by atoms with Gasteiger partial charge in [-0.25, -0.2) is 0 Å². The maximum Gasteiger partial charge on any atom is 0.000397 e. The molecule has 0 heterocycles. The van der Waals surface area contributed by atoms with E-state index in [1.807, 2.05) is 0 Å². The van der Waals surface area contributed by atoms with Crippen LogP contribution in [0.4, 0.5) is 0 Å². The van der Waals surface area contributed by atoms with E-state index in [2.05, 4.69) is 46.6 Å². The minimum atomic E-state index is 0.851. The molecule has 122 valence electrons. The largest absolute Gasteiger partial charge is 0.306 e. The smallest absolute Gasteiger partial charge is 0.000397 e. The van der Waals surface area contributed by atoms with Gasteiger partial charge >= 0.3 is 0 Å². The van der Waals surface area contributed by atoms with Crippen LogP contribution in [0.5, 0.6) is 0 Å². The summed E-state index contributed by atoms with van der Waals surface area (Å²) < 4.78 is 0. The molecule has 20 heavy (non-hydrogen) atoms. The minimum absolute atomic E-state index is 0.851. The summed E-state index contributed by atoms with van der Waals surface area (Å²) in [6.45, 7) is 14.4. The maximum absolute atomic E-state index is 2.50. The molecule has 0 saturated carbocycles. The van der Waals surface area contributed by atoms with E-state index in [0.717, 1.165) is 17.8 Å². The second-order valence-corrected chi connectivity index (χ2v) is 7.09. The average Bonchev–Trinajstić information content (AvgIpc) is 2.42. The highest BCUT2D eigenvalue weighted by Gasteiger charge is 2.17. The zero-order chi connectivity index (χ0) is 15.4. The lowest BCUT2D eigenvalue weighted by atomic mass is 9.82. The van der Waals surface area contributed by atoms with Crippen LogP contribution in [0.15, 0.2) is 0 Å². The highest BCUT2D eigenvalue weighted by Crippen LogP contribution is 2.28. The molecular formula is C19H41N. The van der Waals surface area contributed by atoms with Crippen LogP contribution in [0.25, 0.3) is 0 Å². The number of hydrogen-bond donors (Lipinski definition) is 0. The highest BCUT2D eigenvalue weighted by atomic mass is 15.1. The van der Waals surface area contributed by atoms with Crippen molar-refractivity contribution in [3.05, 3.63) is 0 Å². The number of hydrogen-bond acceptors (Lipinski definition) is 1. The van der Waals surface area contributed by atoms with Crippen molar-refractivity contribution in [2.45, 2.75) is 86.0 Å². The summed E-state index contributed by atoms with van der Waals surface area (Å²) in [5.74, 6) is 2.72. The van der Waals surface area contributed by atoms with Crippen molar-refractivity contribution < 1.29 is 0 Å². The normalized spacial score (nSPS) is 16.4. The van der Waals surface area contributed by atoms with Gasteiger partial charge in [0, 0.05) is 6.54 Å². The molecule has 0 aromatic rings. The molecular weight excluding hydrogens is 242 g/mol. The first-order valence-corrected chi connectivity index (χ1v) is 9.23. The molecule has 0 rings (SSSR count). The molecule has 3 unspecified atom stereocenters. The average molecular weight is 284 g/mol. The number of nitrogens with zero attached hydrogens (tertiary/aromatic N) is 1. The van der Waals surface area contributed by atoms with Crippen molar-refractivity contribution in [2.24, 2.45) is 17.8 Å². The van der Waals surface area contributed by atoms with Gasteiger partial charge < -0.3 is 4.90 Å². The van der Waals surface area contributed by atoms with E-state index >= 15 is 0 Å². The van der Waals surface area contributed by atoms with Crippen LogP contribution in [0.2, 0.25) is 0 Å². The van der Waals surface area contributed by atoms with Crippen LogP contribution in [0.1, 0.15) is 86.0 Å². The third kappa shape index (κ3) is 9.80. The minimum Gasteiger partial charge on any atom is -0.306 e. The Morgan fingerprint density at radius 3 is 2.10 bits per heavy atom. The third-order valence-corrected chi connectivity index (χ3v) is 4.89. The van der Waals surface area contributed by atoms with E-state index in [0.29, 0.717) is 0 Å². The summed E-state index contributed by atoms with van der Waals surface area (Å²) >= 11 is 0. The lowest BCUT2D eigenvalue weighted by molar-refractivity contribution is 0.240. The van der Waals surface area contributed by atoms with Gasteiger partial charge in [0.25, 0.3) is 0 Å². The Morgan fingerprint density at radius 2 is 1.55 bits per heavy atom. The Hall–Kier alpha value is -0.0400. The van der Waals surface area contributed by atoms with Crippen LogP contribution in [-0.2, 0) is 0 Å².